The quantitative estimate of drug-likeness (QED) is 0.448. The van der Waals surface area contributed by atoms with Crippen molar-refractivity contribution in [3.63, 3.8) is 0 Å². The molecule has 0 bridgehead atoms. The van der Waals surface area contributed by atoms with E-state index in [1.807, 2.05) is 12.1 Å². The van der Waals surface area contributed by atoms with Gasteiger partial charge in [-0.15, -0.1) is 0 Å². The van der Waals surface area contributed by atoms with Crippen LogP contribution in [0.1, 0.15) is 12.8 Å². The molecule has 0 atom stereocenters. The van der Waals surface area contributed by atoms with Crippen molar-refractivity contribution in [3.05, 3.63) is 81.8 Å². The second-order valence-corrected chi connectivity index (χ2v) is 9.59. The van der Waals surface area contributed by atoms with Crippen molar-refractivity contribution in [2.75, 3.05) is 13.2 Å². The van der Waals surface area contributed by atoms with Crippen molar-refractivity contribution >= 4 is 38.8 Å². The van der Waals surface area contributed by atoms with Crippen LogP contribution in [0, 0.1) is 0 Å². The van der Waals surface area contributed by atoms with Gasteiger partial charge in [-0.3, -0.25) is 0 Å². The molecule has 4 heteroatoms. The molecule has 0 saturated heterocycles. The molecule has 0 aliphatic rings. The van der Waals surface area contributed by atoms with Gasteiger partial charge < -0.3 is 0 Å². The number of allylic oxidation sites excluding steroid dienone is 1. The summed E-state index contributed by atoms with van der Waals surface area (Å²) in [6, 6.07) is 20.8. The van der Waals surface area contributed by atoms with Gasteiger partial charge in [0.25, 0.3) is 0 Å². The summed E-state index contributed by atoms with van der Waals surface area (Å²) in [5.74, 6) is 0. The fourth-order valence-electron chi connectivity index (χ4n) is 2.05. The number of benzene rings is 2. The normalized spacial score (nSPS) is 12.4. The monoisotopic (exact) mass is 454 g/mol. The molecule has 2 nitrogen and oxygen atoms in total. The zero-order valence-electron chi connectivity index (χ0n) is 13.5. The van der Waals surface area contributed by atoms with Gasteiger partial charge >= 0.3 is 157 Å². The van der Waals surface area contributed by atoms with Crippen LogP contribution in [-0.4, -0.2) is 53.3 Å². The second-order valence-electron chi connectivity index (χ2n) is 5.10. The Bertz CT molecular complexity index is 652. The van der Waals surface area contributed by atoms with Crippen LogP contribution in [0.2, 0.25) is 0 Å². The van der Waals surface area contributed by atoms with Crippen LogP contribution in [0.4, 0.5) is 0 Å². The SMILES string of the molecule is OCCC(=C/[Se]c1ccccc1)/C=C(\CCO)[Se]c1ccccc1. The molecule has 126 valence electrons. The summed E-state index contributed by atoms with van der Waals surface area (Å²) < 4.78 is 3.90. The molecule has 0 spiro atoms. The van der Waals surface area contributed by atoms with Gasteiger partial charge in [0, 0.05) is 0 Å². The number of aliphatic hydroxyl groups excluding tert-OH is 2. The molecule has 2 N–H and O–H groups in total. The summed E-state index contributed by atoms with van der Waals surface area (Å²) in [6.45, 7) is 0.314. The third-order valence-electron chi connectivity index (χ3n) is 3.19. The van der Waals surface area contributed by atoms with Crippen molar-refractivity contribution in [1.29, 1.82) is 0 Å². The number of hydrogen-bond donors (Lipinski definition) is 2. The molecule has 0 aliphatic carbocycles. The van der Waals surface area contributed by atoms with E-state index in [4.69, 9.17) is 0 Å². The minimum atomic E-state index is 0.151. The Balaban J connectivity index is 2.14. The van der Waals surface area contributed by atoms with E-state index in [9.17, 15) is 10.2 Å². The topological polar surface area (TPSA) is 40.5 Å². The number of aliphatic hydroxyl groups is 2. The molecule has 0 radical (unpaired) electrons. The molecule has 0 aliphatic heterocycles. The molecule has 2 aromatic rings. The Kier molecular flexibility index (Phi) is 9.15. The molecule has 0 aromatic heterocycles. The van der Waals surface area contributed by atoms with E-state index in [1.54, 1.807) is 0 Å². The summed E-state index contributed by atoms with van der Waals surface area (Å²) >= 11 is 0.463. The molecule has 0 unspecified atom stereocenters. The summed E-state index contributed by atoms with van der Waals surface area (Å²) in [7, 11) is 0. The first-order valence-corrected chi connectivity index (χ1v) is 11.4. The van der Waals surface area contributed by atoms with Crippen molar-refractivity contribution < 1.29 is 10.2 Å². The van der Waals surface area contributed by atoms with Crippen molar-refractivity contribution in [2.45, 2.75) is 12.8 Å². The van der Waals surface area contributed by atoms with E-state index in [0.29, 0.717) is 12.8 Å². The van der Waals surface area contributed by atoms with E-state index >= 15 is 0 Å². The maximum atomic E-state index is 9.37. The Labute approximate surface area is 156 Å². The first-order valence-electron chi connectivity index (χ1n) is 7.88. The molecule has 0 saturated carbocycles. The van der Waals surface area contributed by atoms with Crippen molar-refractivity contribution in [1.82, 2.24) is 0 Å². The zero-order chi connectivity index (χ0) is 17.0. The fourth-order valence-corrected chi connectivity index (χ4v) is 5.80. The molecule has 0 heterocycles. The first-order chi connectivity index (χ1) is 11.8. The number of hydrogen-bond acceptors (Lipinski definition) is 2. The number of rotatable bonds is 9. The Morgan fingerprint density at radius 2 is 1.38 bits per heavy atom. The van der Waals surface area contributed by atoms with E-state index in [-0.39, 0.29) is 43.1 Å². The van der Waals surface area contributed by atoms with Crippen LogP contribution in [0.5, 0.6) is 0 Å². The average molecular weight is 452 g/mol. The molecule has 24 heavy (non-hydrogen) atoms. The van der Waals surface area contributed by atoms with Gasteiger partial charge in [0.2, 0.25) is 0 Å². The van der Waals surface area contributed by atoms with Gasteiger partial charge in [0.1, 0.15) is 0 Å². The van der Waals surface area contributed by atoms with Crippen LogP contribution < -0.4 is 8.92 Å². The van der Waals surface area contributed by atoms with Crippen molar-refractivity contribution in [2.24, 2.45) is 0 Å². The van der Waals surface area contributed by atoms with Crippen LogP contribution in [0.3, 0.4) is 0 Å². The first kappa shape index (κ1) is 19.2. The summed E-state index contributed by atoms with van der Waals surface area (Å²) in [6.07, 6.45) is 3.54. The summed E-state index contributed by atoms with van der Waals surface area (Å²) in [5, 5.41) is 18.7. The van der Waals surface area contributed by atoms with Gasteiger partial charge in [0.15, 0.2) is 0 Å². The van der Waals surface area contributed by atoms with Gasteiger partial charge in [-0.1, -0.05) is 0 Å². The molecule has 2 aromatic carbocycles. The Morgan fingerprint density at radius 1 is 0.792 bits per heavy atom. The van der Waals surface area contributed by atoms with Gasteiger partial charge in [-0.2, -0.15) is 0 Å². The standard InChI is InChI=1S/C20H22O2Se2/c21-13-11-17(16-23-18-7-3-1-4-8-18)15-20(12-14-22)24-19-9-5-2-6-10-19/h1-10,15-16,21-22H,11-14H2/b17-16-,20-15+. The van der Waals surface area contributed by atoms with E-state index in [0.717, 1.165) is 0 Å². The predicted molar refractivity (Wildman–Crippen MR) is 103 cm³/mol. The van der Waals surface area contributed by atoms with E-state index in [2.05, 4.69) is 59.6 Å². The fraction of sp³-hybridized carbons (Fsp3) is 0.200. The second kappa shape index (κ2) is 11.4. The van der Waals surface area contributed by atoms with Gasteiger partial charge in [0.05, 0.1) is 0 Å². The van der Waals surface area contributed by atoms with E-state index in [1.165, 1.54) is 19.0 Å². The molecular weight excluding hydrogens is 430 g/mol. The third-order valence-corrected chi connectivity index (χ3v) is 7.50. The zero-order valence-corrected chi connectivity index (χ0v) is 16.9. The van der Waals surface area contributed by atoms with Crippen LogP contribution in [0.15, 0.2) is 81.8 Å². The summed E-state index contributed by atoms with van der Waals surface area (Å²) in [4.78, 5) is 2.25. The summed E-state index contributed by atoms with van der Waals surface area (Å²) in [5.41, 5.74) is 1.17. The Morgan fingerprint density at radius 3 is 1.96 bits per heavy atom. The minimum absolute atomic E-state index is 0.151. The molecule has 0 fully saturated rings. The molecular formula is C20H22O2Se2. The predicted octanol–water partition coefficient (Wildman–Crippen LogP) is 1.58. The Hall–Kier alpha value is -1.12. The maximum absolute atomic E-state index is 9.37. The van der Waals surface area contributed by atoms with Crippen LogP contribution >= 0.6 is 0 Å². The molecule has 2 rings (SSSR count). The molecule has 0 amide bonds. The van der Waals surface area contributed by atoms with Crippen LogP contribution in [-0.2, 0) is 0 Å². The third kappa shape index (κ3) is 7.19. The van der Waals surface area contributed by atoms with E-state index < -0.39 is 0 Å². The average Bonchev–Trinajstić information content (AvgIpc) is 2.62. The van der Waals surface area contributed by atoms with Gasteiger partial charge in [-0.25, -0.2) is 0 Å². The van der Waals surface area contributed by atoms with Crippen LogP contribution in [0.25, 0.3) is 0 Å². The van der Waals surface area contributed by atoms with Gasteiger partial charge in [-0.05, 0) is 0 Å². The van der Waals surface area contributed by atoms with Crippen molar-refractivity contribution in [3.8, 4) is 0 Å².